The quantitative estimate of drug-likeness (QED) is 0.821. The molecule has 5 heteroatoms. The molecule has 17 heavy (non-hydrogen) atoms. The number of nitrogens with one attached hydrogen (secondary N) is 1. The summed E-state index contributed by atoms with van der Waals surface area (Å²) in [4.78, 5) is 15.1. The zero-order valence-corrected chi connectivity index (χ0v) is 10.8. The predicted molar refractivity (Wildman–Crippen MR) is 67.0 cm³/mol. The molecule has 0 aromatic carbocycles. The van der Waals surface area contributed by atoms with Gasteiger partial charge in [-0.1, -0.05) is 24.9 Å². The number of pyridine rings is 1. The summed E-state index contributed by atoms with van der Waals surface area (Å²) in [6.07, 6.45) is 4.57. The van der Waals surface area contributed by atoms with Crippen molar-refractivity contribution in [1.82, 2.24) is 10.3 Å². The molecule has 0 aliphatic heterocycles. The lowest BCUT2D eigenvalue weighted by Gasteiger charge is -2.26. The fraction of sp³-hybridized carbons (Fsp3) is 0.500. The van der Waals surface area contributed by atoms with Crippen molar-refractivity contribution in [2.45, 2.75) is 38.8 Å². The molecule has 1 aromatic heterocycles. The van der Waals surface area contributed by atoms with Gasteiger partial charge < -0.3 is 5.11 Å². The topological polar surface area (TPSA) is 62.2 Å². The maximum atomic E-state index is 11.2. The minimum absolute atomic E-state index is 0.421. The van der Waals surface area contributed by atoms with Crippen LogP contribution < -0.4 is 5.32 Å². The first-order chi connectivity index (χ1) is 7.99. The molecule has 0 aliphatic rings. The lowest BCUT2D eigenvalue weighted by molar-refractivity contribution is -0.144. The fourth-order valence-corrected chi connectivity index (χ4v) is 1.79. The molecule has 0 spiro atoms. The molecule has 1 aromatic rings. The second-order valence-electron chi connectivity index (χ2n) is 4.21. The van der Waals surface area contributed by atoms with E-state index in [1.165, 1.54) is 0 Å². The Hall–Kier alpha value is -1.13. The first-order valence-corrected chi connectivity index (χ1v) is 5.94. The van der Waals surface area contributed by atoms with Gasteiger partial charge in [0.25, 0.3) is 0 Å². The molecule has 0 fully saturated rings. The van der Waals surface area contributed by atoms with E-state index in [4.69, 9.17) is 11.6 Å². The van der Waals surface area contributed by atoms with E-state index in [2.05, 4.69) is 10.3 Å². The monoisotopic (exact) mass is 256 g/mol. The molecule has 0 radical (unpaired) electrons. The molecule has 1 unspecified atom stereocenters. The summed E-state index contributed by atoms with van der Waals surface area (Å²) >= 11 is 5.96. The molecule has 2 N–H and O–H groups in total. The maximum absolute atomic E-state index is 11.2. The van der Waals surface area contributed by atoms with Gasteiger partial charge in [-0.15, -0.1) is 0 Å². The van der Waals surface area contributed by atoms with Crippen molar-refractivity contribution >= 4 is 17.6 Å². The summed E-state index contributed by atoms with van der Waals surface area (Å²) in [5.74, 6) is -0.843. The molecule has 1 atom stereocenters. The van der Waals surface area contributed by atoms with Gasteiger partial charge in [0.05, 0.1) is 5.02 Å². The van der Waals surface area contributed by atoms with Gasteiger partial charge in [0.1, 0.15) is 5.54 Å². The van der Waals surface area contributed by atoms with E-state index in [9.17, 15) is 9.90 Å². The van der Waals surface area contributed by atoms with Gasteiger partial charge in [0.2, 0.25) is 0 Å². The second kappa shape index (κ2) is 5.98. The van der Waals surface area contributed by atoms with Crippen molar-refractivity contribution in [2.75, 3.05) is 0 Å². The Bertz CT molecular complexity index is 398. The van der Waals surface area contributed by atoms with E-state index in [0.29, 0.717) is 18.0 Å². The van der Waals surface area contributed by atoms with Gasteiger partial charge in [-0.2, -0.15) is 0 Å². The van der Waals surface area contributed by atoms with Crippen LogP contribution in [0, 0.1) is 0 Å². The Labute approximate surface area is 106 Å². The van der Waals surface area contributed by atoms with Crippen LogP contribution in [-0.2, 0) is 11.3 Å². The number of halogens is 1. The molecule has 0 saturated heterocycles. The highest BCUT2D eigenvalue weighted by atomic mass is 35.5. The van der Waals surface area contributed by atoms with Crippen molar-refractivity contribution < 1.29 is 9.90 Å². The fourth-order valence-electron chi connectivity index (χ4n) is 1.61. The highest BCUT2D eigenvalue weighted by Gasteiger charge is 2.31. The van der Waals surface area contributed by atoms with Crippen LogP contribution in [0.1, 0.15) is 32.3 Å². The third kappa shape index (κ3) is 3.68. The van der Waals surface area contributed by atoms with Crippen molar-refractivity contribution in [3.8, 4) is 0 Å². The summed E-state index contributed by atoms with van der Waals surface area (Å²) in [6, 6.07) is 1.78. The molecule has 0 saturated carbocycles. The van der Waals surface area contributed by atoms with Crippen molar-refractivity contribution in [1.29, 1.82) is 0 Å². The number of aromatic nitrogens is 1. The van der Waals surface area contributed by atoms with Crippen LogP contribution in [0.25, 0.3) is 0 Å². The summed E-state index contributed by atoms with van der Waals surface area (Å²) in [5, 5.41) is 12.8. The smallest absolute Gasteiger partial charge is 0.323 e. The molecular formula is C12H17ClN2O2. The second-order valence-corrected chi connectivity index (χ2v) is 4.62. The van der Waals surface area contributed by atoms with Gasteiger partial charge >= 0.3 is 5.97 Å². The molecular weight excluding hydrogens is 240 g/mol. The molecule has 1 rings (SSSR count). The van der Waals surface area contributed by atoms with Crippen LogP contribution in [0.15, 0.2) is 18.5 Å². The minimum Gasteiger partial charge on any atom is -0.480 e. The van der Waals surface area contributed by atoms with Crippen LogP contribution in [0.3, 0.4) is 0 Å². The number of hydrogen-bond donors (Lipinski definition) is 2. The van der Waals surface area contributed by atoms with E-state index >= 15 is 0 Å². The van der Waals surface area contributed by atoms with Gasteiger partial charge in [-0.05, 0) is 25.0 Å². The maximum Gasteiger partial charge on any atom is 0.323 e. The van der Waals surface area contributed by atoms with E-state index in [0.717, 1.165) is 12.0 Å². The highest BCUT2D eigenvalue weighted by Crippen LogP contribution is 2.17. The van der Waals surface area contributed by atoms with E-state index in [1.807, 2.05) is 6.92 Å². The number of hydrogen-bond acceptors (Lipinski definition) is 3. The Morgan fingerprint density at radius 1 is 1.65 bits per heavy atom. The summed E-state index contributed by atoms with van der Waals surface area (Å²) < 4.78 is 0. The standard InChI is InChI=1S/C12H17ClN2O2/c1-3-5-12(2,11(16)17)15-7-9-4-6-14-8-10(9)13/h4,6,8,15H,3,5,7H2,1-2H3,(H,16,17). The third-order valence-electron chi connectivity index (χ3n) is 2.75. The molecule has 0 bridgehead atoms. The number of nitrogens with zero attached hydrogens (tertiary/aromatic N) is 1. The lowest BCUT2D eigenvalue weighted by Crippen LogP contribution is -2.48. The Morgan fingerprint density at radius 2 is 2.35 bits per heavy atom. The largest absolute Gasteiger partial charge is 0.480 e. The number of aliphatic carboxylic acids is 1. The molecule has 4 nitrogen and oxygen atoms in total. The van der Waals surface area contributed by atoms with E-state index < -0.39 is 11.5 Å². The van der Waals surface area contributed by atoms with Crippen LogP contribution in [0.5, 0.6) is 0 Å². The predicted octanol–water partition coefficient (Wildman–Crippen LogP) is 2.47. The van der Waals surface area contributed by atoms with Crippen LogP contribution in [0.4, 0.5) is 0 Å². The van der Waals surface area contributed by atoms with E-state index in [-0.39, 0.29) is 0 Å². The molecule has 0 aliphatic carbocycles. The summed E-state index contributed by atoms with van der Waals surface area (Å²) in [7, 11) is 0. The molecule has 1 heterocycles. The zero-order valence-electron chi connectivity index (χ0n) is 10.0. The Morgan fingerprint density at radius 3 is 2.88 bits per heavy atom. The molecule has 0 amide bonds. The Kier molecular flexibility index (Phi) is 4.90. The Balaban J connectivity index is 2.71. The van der Waals surface area contributed by atoms with E-state index in [1.54, 1.807) is 25.4 Å². The van der Waals surface area contributed by atoms with Crippen molar-refractivity contribution in [2.24, 2.45) is 0 Å². The van der Waals surface area contributed by atoms with Gasteiger partial charge in [-0.3, -0.25) is 15.1 Å². The van der Waals surface area contributed by atoms with Crippen LogP contribution in [-0.4, -0.2) is 21.6 Å². The average Bonchev–Trinajstić information content (AvgIpc) is 2.28. The average molecular weight is 257 g/mol. The number of carboxylic acid groups (broad SMARTS) is 1. The molecule has 94 valence electrons. The van der Waals surface area contributed by atoms with Crippen LogP contribution in [0.2, 0.25) is 5.02 Å². The van der Waals surface area contributed by atoms with Gasteiger partial charge in [0, 0.05) is 18.9 Å². The lowest BCUT2D eigenvalue weighted by atomic mass is 9.96. The first-order valence-electron chi connectivity index (χ1n) is 5.56. The van der Waals surface area contributed by atoms with Gasteiger partial charge in [0.15, 0.2) is 0 Å². The number of carboxylic acids is 1. The third-order valence-corrected chi connectivity index (χ3v) is 3.09. The van der Waals surface area contributed by atoms with Gasteiger partial charge in [-0.25, -0.2) is 0 Å². The number of rotatable bonds is 6. The highest BCUT2D eigenvalue weighted by molar-refractivity contribution is 6.31. The summed E-state index contributed by atoms with van der Waals surface area (Å²) in [5.41, 5.74) is -0.0633. The normalized spacial score (nSPS) is 14.3. The van der Waals surface area contributed by atoms with Crippen LogP contribution >= 0.6 is 11.6 Å². The summed E-state index contributed by atoms with van der Waals surface area (Å²) in [6.45, 7) is 4.07. The van der Waals surface area contributed by atoms with Crippen molar-refractivity contribution in [3.63, 3.8) is 0 Å². The number of carbonyl (C=O) groups is 1. The minimum atomic E-state index is -0.915. The zero-order chi connectivity index (χ0) is 12.9. The first kappa shape index (κ1) is 13.9. The SMILES string of the molecule is CCCC(C)(NCc1ccncc1Cl)C(=O)O. The van der Waals surface area contributed by atoms with Crippen molar-refractivity contribution in [3.05, 3.63) is 29.0 Å².